The highest BCUT2D eigenvalue weighted by molar-refractivity contribution is 5.97. The molecule has 1 atom stereocenters. The molecule has 45 heavy (non-hydrogen) atoms. The molecule has 3 heterocycles. The van der Waals surface area contributed by atoms with Gasteiger partial charge in [-0.2, -0.15) is 13.2 Å². The molecule has 0 aromatic heterocycles. The number of carboxylic acid groups (broad SMARTS) is 1. The molecule has 0 saturated carbocycles. The van der Waals surface area contributed by atoms with Gasteiger partial charge in [-0.15, -0.1) is 0 Å². The Morgan fingerprint density at radius 2 is 1.38 bits per heavy atom. The van der Waals surface area contributed by atoms with Gasteiger partial charge in [-0.3, -0.25) is 14.4 Å². The lowest BCUT2D eigenvalue weighted by atomic mass is 9.83. The van der Waals surface area contributed by atoms with Crippen LogP contribution in [0.25, 0.3) is 0 Å². The molecule has 3 aromatic carbocycles. The third kappa shape index (κ3) is 11.7. The van der Waals surface area contributed by atoms with Crippen molar-refractivity contribution in [2.45, 2.75) is 32.0 Å². The fraction of sp³-hybridized carbons (Fsp3) is 0.333. The van der Waals surface area contributed by atoms with Crippen molar-refractivity contribution in [2.24, 2.45) is 5.92 Å². The number of nitrogens with zero attached hydrogens (tertiary/aromatic N) is 1. The van der Waals surface area contributed by atoms with E-state index in [9.17, 15) is 27.6 Å². The first-order valence-corrected chi connectivity index (χ1v) is 14.3. The van der Waals surface area contributed by atoms with Crippen molar-refractivity contribution in [3.05, 3.63) is 96.6 Å². The highest BCUT2D eigenvalue weighted by atomic mass is 19.4. The first kappa shape index (κ1) is 34.8. The number of fused-ring (bicyclic) bond motifs is 3. The monoisotopic (exact) mass is 628 g/mol. The molecule has 3 saturated heterocycles. The van der Waals surface area contributed by atoms with E-state index >= 15 is 0 Å². The normalized spacial score (nSPS) is 19.8. The number of carbonyl (C=O) groups is 4. The molecule has 3 fully saturated rings. The molecule has 1 N–H and O–H groups in total. The van der Waals surface area contributed by atoms with Gasteiger partial charge in [0, 0.05) is 36.9 Å². The highest BCUT2D eigenvalue weighted by Crippen LogP contribution is 2.35. The van der Waals surface area contributed by atoms with Gasteiger partial charge in [0.15, 0.2) is 12.7 Å². The second-order valence-corrected chi connectivity index (χ2v) is 10.7. The van der Waals surface area contributed by atoms with Crippen molar-refractivity contribution >= 4 is 29.3 Å². The topological polar surface area (TPSA) is 122 Å². The minimum Gasteiger partial charge on any atom is -0.542 e. The predicted octanol–water partition coefficient (Wildman–Crippen LogP) is 4.04. The van der Waals surface area contributed by atoms with E-state index in [2.05, 4.69) is 5.32 Å². The van der Waals surface area contributed by atoms with E-state index in [0.29, 0.717) is 18.2 Å². The van der Waals surface area contributed by atoms with Crippen molar-refractivity contribution in [3.63, 3.8) is 0 Å². The third-order valence-corrected chi connectivity index (χ3v) is 7.34. The summed E-state index contributed by atoms with van der Waals surface area (Å²) < 4.78 is 43.1. The largest absolute Gasteiger partial charge is 0.542 e. The van der Waals surface area contributed by atoms with Crippen LogP contribution in [0.4, 0.5) is 18.9 Å². The van der Waals surface area contributed by atoms with E-state index in [0.717, 1.165) is 48.2 Å². The summed E-state index contributed by atoms with van der Waals surface area (Å²) in [4.78, 5) is 44.1. The summed E-state index contributed by atoms with van der Waals surface area (Å²) in [5.41, 5.74) is 1.55. The third-order valence-electron chi connectivity index (χ3n) is 7.34. The number of benzene rings is 3. The molecule has 3 aromatic rings. The van der Waals surface area contributed by atoms with Gasteiger partial charge < -0.3 is 29.2 Å². The average Bonchev–Trinajstić information content (AvgIpc) is 3.02. The number of halogens is 3. The van der Waals surface area contributed by atoms with Crippen LogP contribution in [0.5, 0.6) is 5.75 Å². The summed E-state index contributed by atoms with van der Waals surface area (Å²) in [6.07, 6.45) is -3.09. The van der Waals surface area contributed by atoms with Crippen LogP contribution in [0.3, 0.4) is 0 Å². The van der Waals surface area contributed by atoms with Crippen molar-refractivity contribution in [1.29, 1.82) is 0 Å². The maximum Gasteiger partial charge on any atom is 0.430 e. The first-order chi connectivity index (χ1) is 21.4. The maximum atomic E-state index is 12.5. The van der Waals surface area contributed by atoms with Gasteiger partial charge in [0.25, 0.3) is 5.91 Å². The molecular weight excluding hydrogens is 593 g/mol. The molecule has 1 amide bonds. The molecule has 0 spiro atoms. The zero-order valence-corrected chi connectivity index (χ0v) is 24.7. The van der Waals surface area contributed by atoms with Gasteiger partial charge >= 0.3 is 12.1 Å². The Labute approximate surface area is 259 Å². The number of anilines is 1. The Bertz CT molecular complexity index is 1400. The highest BCUT2D eigenvalue weighted by Gasteiger charge is 2.48. The number of hydrogen-bond donors (Lipinski definition) is 1. The quantitative estimate of drug-likeness (QED) is 0.227. The van der Waals surface area contributed by atoms with Gasteiger partial charge in [0.1, 0.15) is 24.8 Å². The van der Waals surface area contributed by atoms with Crippen LogP contribution < -0.4 is 15.2 Å². The molecule has 240 valence electrons. The summed E-state index contributed by atoms with van der Waals surface area (Å²) >= 11 is 0. The van der Waals surface area contributed by atoms with Crippen molar-refractivity contribution < 1.29 is 51.4 Å². The maximum absolute atomic E-state index is 12.5. The summed E-state index contributed by atoms with van der Waals surface area (Å²) in [5, 5.41) is 11.5. The number of ether oxygens (including phenoxy) is 2. The number of para-hydroxylation sites is 2. The Hall–Kier alpha value is -4.71. The zero-order valence-electron chi connectivity index (χ0n) is 24.7. The van der Waals surface area contributed by atoms with Gasteiger partial charge in [-0.1, -0.05) is 66.7 Å². The number of hydrogen-bond acceptors (Lipinski definition) is 7. The van der Waals surface area contributed by atoms with Crippen LogP contribution in [0, 0.1) is 5.92 Å². The summed E-state index contributed by atoms with van der Waals surface area (Å²) in [5.74, 6) is -2.01. The van der Waals surface area contributed by atoms with E-state index in [1.165, 1.54) is 6.92 Å². The van der Waals surface area contributed by atoms with Crippen LogP contribution in [0.1, 0.15) is 30.1 Å². The Kier molecular flexibility index (Phi) is 12.7. The fourth-order valence-corrected chi connectivity index (χ4v) is 5.19. The van der Waals surface area contributed by atoms with Gasteiger partial charge in [-0.05, 0) is 24.3 Å². The number of Topliss-reactive ketones (excluding diaryl/α,β-unsaturated/α-hetero) is 1. The second kappa shape index (κ2) is 16.4. The summed E-state index contributed by atoms with van der Waals surface area (Å²) in [7, 11) is 0. The van der Waals surface area contributed by atoms with Crippen LogP contribution in [0.2, 0.25) is 0 Å². The standard InChI is InChI=1S/C17H22NO3.C14H13NO2.C2HF3O2/c1-13(19)21-17-12-18(9-7-15(17)8-10-18)11-16(20)14-5-3-2-4-6-14;16-14(15-12-7-3-1-4-8-12)11-17-13-9-5-2-6-10-13;3-2(4,5)1(6)7/h2-6,15,17H,7-12H2,1H3;1-10H,11H2,(H,15,16);(H,6,7)/q+1;;/p-1/t15?,17-,18?;;/m0../s1. The first-order valence-electron chi connectivity index (χ1n) is 14.3. The number of carboxylic acids is 1. The number of quaternary nitrogens is 1. The Morgan fingerprint density at radius 3 is 1.89 bits per heavy atom. The van der Waals surface area contributed by atoms with Crippen LogP contribution in [-0.2, 0) is 19.1 Å². The average molecular weight is 629 g/mol. The van der Waals surface area contributed by atoms with E-state index in [-0.39, 0.29) is 30.4 Å². The summed E-state index contributed by atoms with van der Waals surface area (Å²) in [6, 6.07) is 28.0. The molecular formula is C33H35F3N2O7. The predicted molar refractivity (Wildman–Crippen MR) is 157 cm³/mol. The molecule has 0 radical (unpaired) electrons. The SMILES string of the molecule is CC(=O)O[C@H]1C[N+]2(CC(=O)c3ccccc3)CCC1CC2.O=C(COc1ccccc1)Nc1ccccc1.O=C([O-])C(F)(F)F. The lowest BCUT2D eigenvalue weighted by Crippen LogP contribution is -2.65. The zero-order chi connectivity index (χ0) is 32.9. The van der Waals surface area contributed by atoms with Gasteiger partial charge in [-0.25, -0.2) is 0 Å². The van der Waals surface area contributed by atoms with Crippen molar-refractivity contribution in [1.82, 2.24) is 0 Å². The number of aliphatic carboxylic acids is 1. The molecule has 0 unspecified atom stereocenters. The van der Waals surface area contributed by atoms with E-state index < -0.39 is 12.1 Å². The van der Waals surface area contributed by atoms with E-state index in [1.54, 1.807) is 0 Å². The Balaban J connectivity index is 0.000000207. The van der Waals surface area contributed by atoms with E-state index in [1.807, 2.05) is 91.0 Å². The minimum atomic E-state index is -5.19. The summed E-state index contributed by atoms with van der Waals surface area (Å²) in [6.45, 7) is 4.86. The molecule has 12 heteroatoms. The van der Waals surface area contributed by atoms with Crippen LogP contribution in [-0.4, -0.2) is 73.2 Å². The number of piperidine rings is 3. The number of ketones is 1. The molecule has 2 bridgehead atoms. The van der Waals surface area contributed by atoms with Crippen molar-refractivity contribution in [3.8, 4) is 5.75 Å². The number of nitrogens with one attached hydrogen (secondary N) is 1. The lowest BCUT2D eigenvalue weighted by molar-refractivity contribution is -0.938. The second-order valence-electron chi connectivity index (χ2n) is 10.7. The Morgan fingerprint density at radius 1 is 0.867 bits per heavy atom. The van der Waals surface area contributed by atoms with Gasteiger partial charge in [0.2, 0.25) is 5.78 Å². The molecule has 3 aliphatic rings. The number of amides is 1. The van der Waals surface area contributed by atoms with Crippen molar-refractivity contribution in [2.75, 3.05) is 38.1 Å². The van der Waals surface area contributed by atoms with E-state index in [4.69, 9.17) is 19.4 Å². The van der Waals surface area contributed by atoms with Crippen LogP contribution in [0.15, 0.2) is 91.0 Å². The minimum absolute atomic E-state index is 0.00595. The number of alkyl halides is 3. The molecule has 0 aliphatic carbocycles. The lowest BCUT2D eigenvalue weighted by Gasteiger charge is -2.51. The number of esters is 1. The smallest absolute Gasteiger partial charge is 0.430 e. The number of rotatable bonds is 8. The molecule has 6 rings (SSSR count). The van der Waals surface area contributed by atoms with Crippen LogP contribution >= 0.6 is 0 Å². The number of carbonyl (C=O) groups excluding carboxylic acids is 4. The molecule has 9 nitrogen and oxygen atoms in total. The molecule has 3 aliphatic heterocycles. The van der Waals surface area contributed by atoms with Gasteiger partial charge in [0.05, 0.1) is 13.1 Å². The fourth-order valence-electron chi connectivity index (χ4n) is 5.19.